The van der Waals surface area contributed by atoms with Gasteiger partial charge >= 0.3 is 0 Å². The van der Waals surface area contributed by atoms with E-state index in [1.165, 1.54) is 12.1 Å². The number of rotatable bonds is 6. The molecule has 1 rings (SSSR count). The van der Waals surface area contributed by atoms with Crippen LogP contribution in [0.25, 0.3) is 0 Å². The molecule has 1 unspecified atom stereocenters. The van der Waals surface area contributed by atoms with Gasteiger partial charge in [-0.15, -0.1) is 0 Å². The minimum Gasteiger partial charge on any atom is -0.394 e. The van der Waals surface area contributed by atoms with Crippen molar-refractivity contribution in [2.75, 3.05) is 33.8 Å². The van der Waals surface area contributed by atoms with Gasteiger partial charge < -0.3 is 15.3 Å². The molecule has 1 atom stereocenters. The molecular weight excluding hydrogens is 287 g/mol. The highest BCUT2D eigenvalue weighted by Gasteiger charge is 2.13. The molecule has 0 saturated heterocycles. The smallest absolute Gasteiger partial charge is 0.124 e. The van der Waals surface area contributed by atoms with E-state index < -0.39 is 0 Å². The Morgan fingerprint density at radius 1 is 1.47 bits per heavy atom. The maximum Gasteiger partial charge on any atom is 0.124 e. The fraction of sp³-hybridized carbons (Fsp3) is 0.500. The predicted octanol–water partition coefficient (Wildman–Crippen LogP) is 1.77. The fourth-order valence-electron chi connectivity index (χ4n) is 1.52. The van der Waals surface area contributed by atoms with E-state index in [1.807, 2.05) is 14.1 Å². The molecule has 0 fully saturated rings. The quantitative estimate of drug-likeness (QED) is 0.841. The molecule has 0 heterocycles. The van der Waals surface area contributed by atoms with E-state index in [9.17, 15) is 9.50 Å². The summed E-state index contributed by atoms with van der Waals surface area (Å²) < 4.78 is 13.6. The average molecular weight is 305 g/mol. The molecule has 0 amide bonds. The monoisotopic (exact) mass is 304 g/mol. The van der Waals surface area contributed by atoms with E-state index in [0.29, 0.717) is 4.47 Å². The van der Waals surface area contributed by atoms with Crippen LogP contribution >= 0.6 is 15.9 Å². The van der Waals surface area contributed by atoms with Gasteiger partial charge in [0.05, 0.1) is 12.6 Å². The van der Waals surface area contributed by atoms with Gasteiger partial charge in [-0.05, 0) is 31.8 Å². The molecule has 5 heteroatoms. The maximum atomic E-state index is 13.0. The number of aliphatic hydroxyl groups excluding tert-OH is 1. The van der Waals surface area contributed by atoms with E-state index in [-0.39, 0.29) is 18.5 Å². The SMILES string of the molecule is CN(C)CCNC(CO)c1ccc(F)cc1Br. The molecule has 0 spiro atoms. The third-order valence-electron chi connectivity index (χ3n) is 2.47. The van der Waals surface area contributed by atoms with Crippen LogP contribution in [0.5, 0.6) is 0 Å². The van der Waals surface area contributed by atoms with Crippen LogP contribution in [0.15, 0.2) is 22.7 Å². The van der Waals surface area contributed by atoms with Crippen molar-refractivity contribution >= 4 is 15.9 Å². The van der Waals surface area contributed by atoms with Gasteiger partial charge in [-0.3, -0.25) is 0 Å². The maximum absolute atomic E-state index is 13.0. The van der Waals surface area contributed by atoms with Gasteiger partial charge in [0.15, 0.2) is 0 Å². The molecule has 1 aromatic carbocycles. The molecule has 0 aliphatic carbocycles. The number of hydrogen-bond acceptors (Lipinski definition) is 3. The van der Waals surface area contributed by atoms with Gasteiger partial charge in [0, 0.05) is 17.6 Å². The minimum atomic E-state index is -0.286. The largest absolute Gasteiger partial charge is 0.394 e. The van der Waals surface area contributed by atoms with Crippen molar-refractivity contribution in [3.63, 3.8) is 0 Å². The van der Waals surface area contributed by atoms with Crippen molar-refractivity contribution in [2.24, 2.45) is 0 Å². The van der Waals surface area contributed by atoms with E-state index in [1.54, 1.807) is 6.07 Å². The molecule has 17 heavy (non-hydrogen) atoms. The third-order valence-corrected chi connectivity index (χ3v) is 3.16. The predicted molar refractivity (Wildman–Crippen MR) is 70.5 cm³/mol. The summed E-state index contributed by atoms with van der Waals surface area (Å²) in [6.07, 6.45) is 0. The normalized spacial score (nSPS) is 13.1. The van der Waals surface area contributed by atoms with Crippen LogP contribution in [0.1, 0.15) is 11.6 Å². The Morgan fingerprint density at radius 2 is 2.18 bits per heavy atom. The molecular formula is C12H18BrFN2O. The van der Waals surface area contributed by atoms with Crippen LogP contribution < -0.4 is 5.32 Å². The number of nitrogens with zero attached hydrogens (tertiary/aromatic N) is 1. The molecule has 0 bridgehead atoms. The van der Waals surface area contributed by atoms with Crippen molar-refractivity contribution in [2.45, 2.75) is 6.04 Å². The Kier molecular flexibility index (Phi) is 6.05. The van der Waals surface area contributed by atoms with E-state index in [4.69, 9.17) is 0 Å². The van der Waals surface area contributed by atoms with Crippen LogP contribution in [0.4, 0.5) is 4.39 Å². The second kappa shape index (κ2) is 7.06. The Hall–Kier alpha value is -0.490. The van der Waals surface area contributed by atoms with Gasteiger partial charge in [0.1, 0.15) is 5.82 Å². The molecule has 96 valence electrons. The lowest BCUT2D eigenvalue weighted by Gasteiger charge is -2.19. The Bertz CT molecular complexity index is 360. The molecule has 3 nitrogen and oxygen atoms in total. The molecule has 0 saturated carbocycles. The minimum absolute atomic E-state index is 0.0162. The van der Waals surface area contributed by atoms with E-state index in [2.05, 4.69) is 26.1 Å². The summed E-state index contributed by atoms with van der Waals surface area (Å²) in [6, 6.07) is 4.32. The molecule has 0 aromatic heterocycles. The van der Waals surface area contributed by atoms with Crippen molar-refractivity contribution in [1.82, 2.24) is 10.2 Å². The van der Waals surface area contributed by atoms with Crippen molar-refractivity contribution in [3.05, 3.63) is 34.1 Å². The van der Waals surface area contributed by atoms with Gasteiger partial charge in [-0.25, -0.2) is 4.39 Å². The first-order valence-corrected chi connectivity index (χ1v) is 6.28. The van der Waals surface area contributed by atoms with Crippen molar-refractivity contribution < 1.29 is 9.50 Å². The first-order chi connectivity index (χ1) is 8.04. The van der Waals surface area contributed by atoms with Gasteiger partial charge in [0.25, 0.3) is 0 Å². The summed E-state index contributed by atoms with van der Waals surface area (Å²) in [5.74, 6) is -0.286. The van der Waals surface area contributed by atoms with Crippen LogP contribution in [-0.4, -0.2) is 43.8 Å². The number of aliphatic hydroxyl groups is 1. The molecule has 0 radical (unpaired) electrons. The Labute approximate surface area is 110 Å². The number of benzene rings is 1. The number of likely N-dealkylation sites (N-methyl/N-ethyl adjacent to an activating group) is 1. The van der Waals surface area contributed by atoms with Crippen LogP contribution in [-0.2, 0) is 0 Å². The second-order valence-electron chi connectivity index (χ2n) is 4.16. The zero-order valence-electron chi connectivity index (χ0n) is 10.1. The number of halogens is 2. The van der Waals surface area contributed by atoms with Crippen molar-refractivity contribution in [3.8, 4) is 0 Å². The van der Waals surface area contributed by atoms with Crippen LogP contribution in [0.2, 0.25) is 0 Å². The first kappa shape index (κ1) is 14.6. The number of nitrogens with one attached hydrogen (secondary N) is 1. The van der Waals surface area contributed by atoms with Gasteiger partial charge in [-0.2, -0.15) is 0 Å². The summed E-state index contributed by atoms with van der Waals surface area (Å²) in [6.45, 7) is 1.63. The van der Waals surface area contributed by atoms with Crippen LogP contribution in [0.3, 0.4) is 0 Å². The summed E-state index contributed by atoms with van der Waals surface area (Å²) in [5.41, 5.74) is 0.868. The highest BCUT2D eigenvalue weighted by atomic mass is 79.9. The molecule has 0 aliphatic rings. The lowest BCUT2D eigenvalue weighted by atomic mass is 10.1. The third kappa shape index (κ3) is 4.71. The van der Waals surface area contributed by atoms with Crippen LogP contribution in [0, 0.1) is 5.82 Å². The highest BCUT2D eigenvalue weighted by Crippen LogP contribution is 2.24. The topological polar surface area (TPSA) is 35.5 Å². The Balaban J connectivity index is 2.66. The zero-order chi connectivity index (χ0) is 12.8. The fourth-order valence-corrected chi connectivity index (χ4v) is 2.15. The summed E-state index contributed by atoms with van der Waals surface area (Å²) in [5, 5.41) is 12.6. The number of hydrogen-bond donors (Lipinski definition) is 2. The first-order valence-electron chi connectivity index (χ1n) is 5.48. The summed E-state index contributed by atoms with van der Waals surface area (Å²) in [4.78, 5) is 2.06. The Morgan fingerprint density at radius 3 is 2.71 bits per heavy atom. The summed E-state index contributed by atoms with van der Waals surface area (Å²) >= 11 is 3.31. The lowest BCUT2D eigenvalue weighted by Crippen LogP contribution is -2.31. The zero-order valence-corrected chi connectivity index (χ0v) is 11.7. The summed E-state index contributed by atoms with van der Waals surface area (Å²) in [7, 11) is 3.98. The lowest BCUT2D eigenvalue weighted by molar-refractivity contribution is 0.240. The van der Waals surface area contributed by atoms with E-state index in [0.717, 1.165) is 18.7 Å². The molecule has 1 aromatic rings. The van der Waals surface area contributed by atoms with Gasteiger partial charge in [-0.1, -0.05) is 22.0 Å². The molecule has 0 aliphatic heterocycles. The van der Waals surface area contributed by atoms with Crippen molar-refractivity contribution in [1.29, 1.82) is 0 Å². The van der Waals surface area contributed by atoms with Gasteiger partial charge in [0.2, 0.25) is 0 Å². The highest BCUT2D eigenvalue weighted by molar-refractivity contribution is 9.10. The second-order valence-corrected chi connectivity index (χ2v) is 5.01. The molecule has 2 N–H and O–H groups in total. The standard InChI is InChI=1S/C12H18BrFN2O/c1-16(2)6-5-15-12(8-17)10-4-3-9(14)7-11(10)13/h3-4,7,12,15,17H,5-6,8H2,1-2H3. The van der Waals surface area contributed by atoms with E-state index >= 15 is 0 Å². The average Bonchev–Trinajstić information content (AvgIpc) is 2.25.